The fourth-order valence-corrected chi connectivity index (χ4v) is 3.21. The second kappa shape index (κ2) is 7.67. The number of anilines is 2. The van der Waals surface area contributed by atoms with Crippen molar-refractivity contribution in [2.75, 3.05) is 17.7 Å². The zero-order valence-corrected chi connectivity index (χ0v) is 16.6. The lowest BCUT2D eigenvalue weighted by Crippen LogP contribution is -2.16. The van der Waals surface area contributed by atoms with Crippen LogP contribution in [0.5, 0.6) is 0 Å². The molecule has 0 aliphatic heterocycles. The van der Waals surface area contributed by atoms with Gasteiger partial charge in [-0.3, -0.25) is 9.36 Å². The van der Waals surface area contributed by atoms with Crippen LogP contribution in [-0.2, 0) is 4.79 Å². The lowest BCUT2D eigenvalue weighted by Gasteiger charge is -2.08. The van der Waals surface area contributed by atoms with Crippen LogP contribution in [0.25, 0.3) is 10.9 Å². The van der Waals surface area contributed by atoms with Crippen LogP contribution in [0.2, 0.25) is 0 Å². The van der Waals surface area contributed by atoms with Crippen molar-refractivity contribution in [2.45, 2.75) is 26.8 Å². The first-order valence-corrected chi connectivity index (χ1v) is 9.38. The molecule has 3 aromatic heterocycles. The number of pyridine rings is 1. The van der Waals surface area contributed by atoms with Gasteiger partial charge in [0.1, 0.15) is 17.0 Å². The fraction of sp³-hybridized carbons (Fsp3) is 0.350. The van der Waals surface area contributed by atoms with Gasteiger partial charge >= 0.3 is 6.55 Å². The van der Waals surface area contributed by atoms with Crippen LogP contribution in [0.3, 0.4) is 0 Å². The lowest BCUT2D eigenvalue weighted by atomic mass is 10.1. The summed E-state index contributed by atoms with van der Waals surface area (Å²) >= 11 is 0. The number of carbonyl (C=O) groups excluding carboxylic acids is 1. The van der Waals surface area contributed by atoms with E-state index in [1.165, 1.54) is 19.3 Å². The van der Waals surface area contributed by atoms with E-state index in [9.17, 15) is 13.6 Å². The van der Waals surface area contributed by atoms with Crippen LogP contribution in [0.15, 0.2) is 18.5 Å². The third kappa shape index (κ3) is 3.66. The van der Waals surface area contributed by atoms with Gasteiger partial charge in [0.15, 0.2) is 11.6 Å². The minimum atomic E-state index is -2.74. The van der Waals surface area contributed by atoms with Crippen molar-refractivity contribution in [3.63, 3.8) is 0 Å². The summed E-state index contributed by atoms with van der Waals surface area (Å²) < 4.78 is 27.3. The second-order valence-corrected chi connectivity index (χ2v) is 7.16. The van der Waals surface area contributed by atoms with Crippen molar-refractivity contribution in [3.05, 3.63) is 35.5 Å². The molecule has 1 amide bonds. The van der Waals surface area contributed by atoms with Gasteiger partial charge in [0.25, 0.3) is 0 Å². The van der Waals surface area contributed by atoms with E-state index in [2.05, 4.69) is 42.6 Å². The summed E-state index contributed by atoms with van der Waals surface area (Å²) in [6.45, 7) is 0.762. The molecule has 0 saturated heterocycles. The van der Waals surface area contributed by atoms with E-state index in [-0.39, 0.29) is 23.3 Å². The molecule has 0 spiro atoms. The number of hydrogen-bond donors (Lipinski definition) is 2. The molecule has 154 valence electrons. The number of nitrogens with one attached hydrogen (secondary N) is 2. The molecule has 3 aromatic rings. The summed E-state index contributed by atoms with van der Waals surface area (Å²) in [4.78, 5) is 20.4. The number of hydrogen-bond acceptors (Lipinski definition) is 6. The van der Waals surface area contributed by atoms with Crippen LogP contribution in [0.4, 0.5) is 20.4 Å². The van der Waals surface area contributed by atoms with Gasteiger partial charge in [-0.15, -0.1) is 10.2 Å². The number of fused-ring (bicyclic) bond motifs is 1. The highest BCUT2D eigenvalue weighted by molar-refractivity contribution is 5.97. The zero-order chi connectivity index (χ0) is 21.4. The quantitative estimate of drug-likeness (QED) is 0.641. The number of halogens is 2. The van der Waals surface area contributed by atoms with E-state index in [0.717, 1.165) is 11.0 Å². The molecule has 2 atom stereocenters. The van der Waals surface area contributed by atoms with Crippen molar-refractivity contribution in [1.82, 2.24) is 24.7 Å². The molecule has 0 radical (unpaired) electrons. The van der Waals surface area contributed by atoms with Crippen LogP contribution in [0, 0.1) is 30.6 Å². The Kier molecular flexibility index (Phi) is 5.03. The first kappa shape index (κ1) is 19.7. The zero-order valence-electron chi connectivity index (χ0n) is 16.6. The van der Waals surface area contributed by atoms with Crippen molar-refractivity contribution >= 4 is 28.4 Å². The monoisotopic (exact) mass is 411 g/mol. The highest BCUT2D eigenvalue weighted by atomic mass is 19.3. The van der Waals surface area contributed by atoms with Crippen LogP contribution in [-0.4, -0.2) is 37.7 Å². The minimum absolute atomic E-state index is 0.00931. The third-order valence-electron chi connectivity index (χ3n) is 5.07. The Bertz CT molecular complexity index is 1200. The number of alkyl halides is 2. The number of amides is 1. The van der Waals surface area contributed by atoms with E-state index in [1.54, 1.807) is 13.1 Å². The summed E-state index contributed by atoms with van der Waals surface area (Å²) in [7, 11) is 1.70. The Hall–Kier alpha value is -3.61. The molecule has 1 aliphatic carbocycles. The number of aromatic nitrogens is 5. The summed E-state index contributed by atoms with van der Waals surface area (Å²) in [5.74, 6) is 6.83. The van der Waals surface area contributed by atoms with Crippen LogP contribution in [0.1, 0.15) is 37.0 Å². The molecular formula is C20H19F2N7O. The average Bonchev–Trinajstić information content (AvgIpc) is 3.34. The molecule has 8 nitrogen and oxygen atoms in total. The lowest BCUT2D eigenvalue weighted by molar-refractivity contribution is -0.117. The summed E-state index contributed by atoms with van der Waals surface area (Å²) in [5, 5.41) is 14.5. The molecule has 10 heteroatoms. The molecule has 0 aromatic carbocycles. The number of aryl methyl sites for hydroxylation is 1. The number of imidazole rings is 1. The molecule has 4 rings (SSSR count). The Morgan fingerprint density at radius 2 is 2.03 bits per heavy atom. The summed E-state index contributed by atoms with van der Waals surface area (Å²) in [6, 6.07) is 1.66. The third-order valence-corrected chi connectivity index (χ3v) is 5.07. The fourth-order valence-electron chi connectivity index (χ4n) is 3.21. The molecule has 0 unspecified atom stereocenters. The second-order valence-electron chi connectivity index (χ2n) is 7.16. The molecule has 1 saturated carbocycles. The molecule has 0 bridgehead atoms. The van der Waals surface area contributed by atoms with E-state index >= 15 is 0 Å². The molecular weight excluding hydrogens is 392 g/mol. The maximum absolute atomic E-state index is 13.2. The Morgan fingerprint density at radius 3 is 2.70 bits per heavy atom. The number of rotatable bonds is 4. The highest BCUT2D eigenvalue weighted by Crippen LogP contribution is 2.38. The Labute approximate surface area is 171 Å². The van der Waals surface area contributed by atoms with Gasteiger partial charge in [0, 0.05) is 24.5 Å². The predicted octanol–water partition coefficient (Wildman–Crippen LogP) is 2.96. The van der Waals surface area contributed by atoms with Crippen molar-refractivity contribution < 1.29 is 13.6 Å². The molecule has 1 aliphatic rings. The topological polar surface area (TPSA) is 97.6 Å². The van der Waals surface area contributed by atoms with Crippen LogP contribution >= 0.6 is 0 Å². The SMILES string of the molecule is CNc1ncc(C#Cc2cnc(C)n2C(F)F)c2cc(NC(=O)[C@H]3C[C@H]3C)nnc12. The van der Waals surface area contributed by atoms with E-state index in [4.69, 9.17) is 0 Å². The predicted molar refractivity (Wildman–Crippen MR) is 107 cm³/mol. The molecule has 1 fully saturated rings. The van der Waals surface area contributed by atoms with E-state index in [0.29, 0.717) is 34.0 Å². The Morgan fingerprint density at radius 1 is 1.27 bits per heavy atom. The van der Waals surface area contributed by atoms with Gasteiger partial charge in [-0.05, 0) is 31.2 Å². The maximum Gasteiger partial charge on any atom is 0.320 e. The first-order valence-electron chi connectivity index (χ1n) is 9.38. The van der Waals surface area contributed by atoms with Crippen molar-refractivity contribution in [1.29, 1.82) is 0 Å². The molecule has 3 heterocycles. The number of carbonyl (C=O) groups is 1. The largest absolute Gasteiger partial charge is 0.371 e. The van der Waals surface area contributed by atoms with Crippen LogP contribution < -0.4 is 10.6 Å². The smallest absolute Gasteiger partial charge is 0.320 e. The standard InChI is InChI=1S/C20H19F2N7O/c1-10-6-14(10)19(30)26-16-7-15-12(8-25-18(23-3)17(15)28-27-16)4-5-13-9-24-11(2)29(13)20(21)22/h7-10,14,20H,6H2,1-3H3,(H,23,25)(H,26,27,30)/t10-,14+/m1/s1. The van der Waals surface area contributed by atoms with Gasteiger partial charge < -0.3 is 10.6 Å². The van der Waals surface area contributed by atoms with Gasteiger partial charge in [-0.25, -0.2) is 9.97 Å². The van der Waals surface area contributed by atoms with Gasteiger partial charge in [-0.2, -0.15) is 8.78 Å². The van der Waals surface area contributed by atoms with Gasteiger partial charge in [0.2, 0.25) is 5.91 Å². The summed E-state index contributed by atoms with van der Waals surface area (Å²) in [5.41, 5.74) is 1.01. The molecule has 2 N–H and O–H groups in total. The van der Waals surface area contributed by atoms with Gasteiger partial charge in [0.05, 0.1) is 11.8 Å². The van der Waals surface area contributed by atoms with E-state index < -0.39 is 6.55 Å². The molecule has 30 heavy (non-hydrogen) atoms. The summed E-state index contributed by atoms with van der Waals surface area (Å²) in [6.07, 6.45) is 3.68. The Balaban J connectivity index is 1.74. The van der Waals surface area contributed by atoms with Crippen molar-refractivity contribution in [2.24, 2.45) is 11.8 Å². The first-order chi connectivity index (χ1) is 14.4. The highest BCUT2D eigenvalue weighted by Gasteiger charge is 2.39. The number of nitrogens with zero attached hydrogens (tertiary/aromatic N) is 5. The normalized spacial score (nSPS) is 17.5. The van der Waals surface area contributed by atoms with Crippen molar-refractivity contribution in [3.8, 4) is 11.8 Å². The van der Waals surface area contributed by atoms with Gasteiger partial charge in [-0.1, -0.05) is 12.8 Å². The maximum atomic E-state index is 13.2. The average molecular weight is 411 g/mol. The van der Waals surface area contributed by atoms with E-state index in [1.807, 2.05) is 6.92 Å². The minimum Gasteiger partial charge on any atom is -0.371 e.